The molecule has 1 amide bonds. The largest absolute Gasteiger partial charge is 0.434 e. The van der Waals surface area contributed by atoms with Crippen molar-refractivity contribution in [2.24, 2.45) is 4.99 Å². The summed E-state index contributed by atoms with van der Waals surface area (Å²) in [4.78, 5) is 18.7. The van der Waals surface area contributed by atoms with Crippen LogP contribution in [0.15, 0.2) is 34.6 Å². The molecule has 0 aliphatic rings. The number of anilines is 1. The van der Waals surface area contributed by atoms with Crippen molar-refractivity contribution in [3.05, 3.63) is 45.9 Å². The Morgan fingerprint density at radius 1 is 1.14 bits per heavy atom. The lowest BCUT2D eigenvalue weighted by Gasteiger charge is -2.11. The van der Waals surface area contributed by atoms with Gasteiger partial charge in [-0.3, -0.25) is 9.79 Å². The third-order valence-corrected chi connectivity index (χ3v) is 4.59. The summed E-state index contributed by atoms with van der Waals surface area (Å²) in [6.45, 7) is 2.52. The van der Waals surface area contributed by atoms with Gasteiger partial charge in [0.25, 0.3) is 0 Å². The van der Waals surface area contributed by atoms with E-state index in [1.54, 1.807) is 7.05 Å². The summed E-state index contributed by atoms with van der Waals surface area (Å²) in [6.07, 6.45) is -3.27. The maximum absolute atomic E-state index is 12.5. The number of benzene rings is 1. The maximum atomic E-state index is 12.5. The van der Waals surface area contributed by atoms with Crippen LogP contribution < -0.4 is 16.0 Å². The number of nitrogens with zero attached hydrogens (tertiary/aromatic N) is 2. The Balaban J connectivity index is 0.00000420. The van der Waals surface area contributed by atoms with Gasteiger partial charge in [-0.05, 0) is 24.1 Å². The third kappa shape index (κ3) is 8.98. The molecule has 0 spiro atoms. The molecule has 0 radical (unpaired) electrons. The first-order valence-corrected chi connectivity index (χ1v) is 9.48. The van der Waals surface area contributed by atoms with E-state index in [1.807, 2.05) is 24.3 Å². The highest BCUT2D eigenvalue weighted by Crippen LogP contribution is 2.29. The first-order chi connectivity index (χ1) is 13.3. The zero-order chi connectivity index (χ0) is 20.6. The smallest absolute Gasteiger partial charge is 0.356 e. The van der Waals surface area contributed by atoms with Crippen LogP contribution in [-0.2, 0) is 23.8 Å². The molecule has 0 aliphatic carbocycles. The van der Waals surface area contributed by atoms with Crippen molar-refractivity contribution >= 4 is 52.9 Å². The lowest BCUT2D eigenvalue weighted by Crippen LogP contribution is -2.39. The molecule has 2 rings (SSSR count). The molecule has 6 nitrogen and oxygen atoms in total. The Bertz CT molecular complexity index is 809. The molecule has 1 aromatic carbocycles. The number of halogens is 4. The second-order valence-corrected chi connectivity index (χ2v) is 6.87. The standard InChI is InChI=1S/C18H22F3N5OS.HI/c1-12(27)25-14-5-3-13(4-6-14)7-9-23-17(22-2)24-10-8-16-26-15(11-28-16)18(19,20)21;/h3-6,11H,7-10H2,1-2H3,(H,25,27)(H2,22,23,24);1H. The van der Waals surface area contributed by atoms with Crippen molar-refractivity contribution in [1.82, 2.24) is 15.6 Å². The van der Waals surface area contributed by atoms with Crippen LogP contribution in [0.4, 0.5) is 18.9 Å². The van der Waals surface area contributed by atoms with Crippen molar-refractivity contribution in [2.45, 2.75) is 25.9 Å². The molecule has 0 unspecified atom stereocenters. The minimum Gasteiger partial charge on any atom is -0.356 e. The average Bonchev–Trinajstić information content (AvgIpc) is 3.11. The zero-order valence-electron chi connectivity index (χ0n) is 16.0. The summed E-state index contributed by atoms with van der Waals surface area (Å²) in [5.41, 5.74) is 0.997. The Morgan fingerprint density at radius 2 is 1.76 bits per heavy atom. The number of nitrogens with one attached hydrogen (secondary N) is 3. The number of hydrogen-bond donors (Lipinski definition) is 3. The van der Waals surface area contributed by atoms with E-state index in [1.165, 1.54) is 6.92 Å². The zero-order valence-corrected chi connectivity index (χ0v) is 19.1. The molecule has 3 N–H and O–H groups in total. The number of carbonyl (C=O) groups is 1. The van der Waals surface area contributed by atoms with Crippen LogP contribution in [0.1, 0.15) is 23.2 Å². The summed E-state index contributed by atoms with van der Waals surface area (Å²) >= 11 is 0.998. The highest BCUT2D eigenvalue weighted by atomic mass is 127. The fourth-order valence-electron chi connectivity index (χ4n) is 2.35. The van der Waals surface area contributed by atoms with Gasteiger partial charge in [-0.25, -0.2) is 4.98 Å². The predicted molar refractivity (Wildman–Crippen MR) is 120 cm³/mol. The molecule has 2 aromatic rings. The SMILES string of the molecule is CN=C(NCCc1ccc(NC(C)=O)cc1)NCCc1nc(C(F)(F)F)cs1.I. The van der Waals surface area contributed by atoms with Gasteiger partial charge in [0.1, 0.15) is 0 Å². The number of guanidine groups is 1. The van der Waals surface area contributed by atoms with Gasteiger partial charge in [-0.2, -0.15) is 13.2 Å². The molecular formula is C18H23F3IN5OS. The fourth-order valence-corrected chi connectivity index (χ4v) is 3.15. The first-order valence-electron chi connectivity index (χ1n) is 8.60. The molecule has 0 atom stereocenters. The molecule has 11 heteroatoms. The molecule has 1 heterocycles. The lowest BCUT2D eigenvalue weighted by atomic mass is 10.1. The number of carbonyl (C=O) groups excluding carboxylic acids is 1. The predicted octanol–water partition coefficient (Wildman–Crippen LogP) is 3.69. The number of alkyl halides is 3. The van der Waals surface area contributed by atoms with Gasteiger partial charge >= 0.3 is 6.18 Å². The van der Waals surface area contributed by atoms with E-state index < -0.39 is 11.9 Å². The van der Waals surface area contributed by atoms with Crippen LogP contribution in [-0.4, -0.2) is 37.0 Å². The number of aliphatic imine (C=N–C) groups is 1. The van der Waals surface area contributed by atoms with E-state index in [4.69, 9.17) is 0 Å². The molecule has 0 aliphatic heterocycles. The highest BCUT2D eigenvalue weighted by molar-refractivity contribution is 14.0. The monoisotopic (exact) mass is 541 g/mol. The Morgan fingerprint density at radius 3 is 2.28 bits per heavy atom. The Hall–Kier alpha value is -1.89. The van der Waals surface area contributed by atoms with E-state index in [0.717, 1.165) is 34.4 Å². The van der Waals surface area contributed by atoms with Crippen molar-refractivity contribution < 1.29 is 18.0 Å². The van der Waals surface area contributed by atoms with Gasteiger partial charge < -0.3 is 16.0 Å². The van der Waals surface area contributed by atoms with Gasteiger partial charge in [-0.1, -0.05) is 12.1 Å². The summed E-state index contributed by atoms with van der Waals surface area (Å²) in [6, 6.07) is 7.55. The van der Waals surface area contributed by atoms with E-state index >= 15 is 0 Å². The third-order valence-electron chi connectivity index (χ3n) is 3.68. The van der Waals surface area contributed by atoms with Crippen molar-refractivity contribution in [3.8, 4) is 0 Å². The Labute approximate surface area is 188 Å². The molecule has 0 saturated heterocycles. The van der Waals surface area contributed by atoms with Crippen molar-refractivity contribution in [2.75, 3.05) is 25.5 Å². The minimum atomic E-state index is -4.40. The normalized spacial score (nSPS) is 11.6. The van der Waals surface area contributed by atoms with Crippen LogP contribution in [0.3, 0.4) is 0 Å². The molecule has 0 bridgehead atoms. The Kier molecular flexibility index (Phi) is 10.4. The number of aromatic nitrogens is 1. The van der Waals surface area contributed by atoms with Crippen LogP contribution in [0, 0.1) is 0 Å². The van der Waals surface area contributed by atoms with Gasteiger partial charge in [0.15, 0.2) is 11.7 Å². The molecular weight excluding hydrogens is 518 g/mol. The van der Waals surface area contributed by atoms with Crippen molar-refractivity contribution in [3.63, 3.8) is 0 Å². The number of hydrogen-bond acceptors (Lipinski definition) is 4. The van der Waals surface area contributed by atoms with E-state index in [0.29, 0.717) is 30.5 Å². The van der Waals surface area contributed by atoms with Crippen LogP contribution in [0.5, 0.6) is 0 Å². The molecule has 0 saturated carbocycles. The number of amides is 1. The minimum absolute atomic E-state index is 0. The van der Waals surface area contributed by atoms with Gasteiger partial charge in [0.2, 0.25) is 5.91 Å². The topological polar surface area (TPSA) is 78.4 Å². The lowest BCUT2D eigenvalue weighted by molar-refractivity contribution is -0.140. The summed E-state index contributed by atoms with van der Waals surface area (Å²) < 4.78 is 37.6. The van der Waals surface area contributed by atoms with Crippen LogP contribution in [0.2, 0.25) is 0 Å². The highest BCUT2D eigenvalue weighted by Gasteiger charge is 2.33. The molecule has 160 valence electrons. The maximum Gasteiger partial charge on any atom is 0.434 e. The average molecular weight is 541 g/mol. The second-order valence-electron chi connectivity index (χ2n) is 5.93. The van der Waals surface area contributed by atoms with Crippen LogP contribution in [0.25, 0.3) is 0 Å². The quantitative estimate of drug-likeness (QED) is 0.284. The van der Waals surface area contributed by atoms with E-state index in [9.17, 15) is 18.0 Å². The molecule has 29 heavy (non-hydrogen) atoms. The van der Waals surface area contributed by atoms with Gasteiger partial charge in [-0.15, -0.1) is 35.3 Å². The fraction of sp³-hybridized carbons (Fsp3) is 0.389. The van der Waals surface area contributed by atoms with Crippen molar-refractivity contribution in [1.29, 1.82) is 0 Å². The van der Waals surface area contributed by atoms with E-state index in [-0.39, 0.29) is 29.9 Å². The summed E-state index contributed by atoms with van der Waals surface area (Å²) in [7, 11) is 1.63. The van der Waals surface area contributed by atoms with E-state index in [2.05, 4.69) is 25.9 Å². The summed E-state index contributed by atoms with van der Waals surface area (Å²) in [5.74, 6) is 0.458. The number of thiazole rings is 1. The van der Waals surface area contributed by atoms with Gasteiger partial charge in [0.05, 0.1) is 5.01 Å². The summed E-state index contributed by atoms with van der Waals surface area (Å²) in [5, 5.41) is 10.4. The molecule has 0 fully saturated rings. The second kappa shape index (κ2) is 12.0. The molecule has 1 aromatic heterocycles. The first kappa shape index (κ1) is 25.1. The number of rotatable bonds is 7. The van der Waals surface area contributed by atoms with Crippen LogP contribution >= 0.6 is 35.3 Å². The van der Waals surface area contributed by atoms with Gasteiger partial charge in [0, 0.05) is 44.5 Å².